The summed E-state index contributed by atoms with van der Waals surface area (Å²) in [7, 11) is 3.19. The van der Waals surface area contributed by atoms with Gasteiger partial charge >= 0.3 is 5.97 Å². The number of carbonyl (C=O) groups is 3. The first-order valence-electron chi connectivity index (χ1n) is 9.73. The predicted octanol–water partition coefficient (Wildman–Crippen LogP) is 2.70. The van der Waals surface area contributed by atoms with Crippen molar-refractivity contribution in [3.63, 3.8) is 0 Å². The van der Waals surface area contributed by atoms with Crippen molar-refractivity contribution in [3.05, 3.63) is 11.6 Å². The number of hydrogen-bond acceptors (Lipinski definition) is 6. The maximum Gasteiger partial charge on any atom is 0.306 e. The fraction of sp³-hybridized carbons (Fsp3) is 0.762. The van der Waals surface area contributed by atoms with E-state index in [0.29, 0.717) is 19.4 Å². The minimum Gasteiger partial charge on any atom is -0.466 e. The van der Waals surface area contributed by atoms with Gasteiger partial charge in [0.1, 0.15) is 5.78 Å². The smallest absolute Gasteiger partial charge is 0.306 e. The van der Waals surface area contributed by atoms with Crippen molar-refractivity contribution in [2.75, 3.05) is 20.8 Å². The van der Waals surface area contributed by atoms with Crippen molar-refractivity contribution < 1.29 is 28.6 Å². The van der Waals surface area contributed by atoms with Crippen LogP contribution in [0.4, 0.5) is 0 Å². The summed E-state index contributed by atoms with van der Waals surface area (Å²) in [5.74, 6) is -1.80. The van der Waals surface area contributed by atoms with Crippen LogP contribution in [-0.2, 0) is 28.6 Å². The van der Waals surface area contributed by atoms with E-state index < -0.39 is 17.1 Å². The zero-order chi connectivity index (χ0) is 20.0. The number of methoxy groups -OCH3 is 2. The van der Waals surface area contributed by atoms with Gasteiger partial charge in [0.15, 0.2) is 11.6 Å². The van der Waals surface area contributed by atoms with Gasteiger partial charge in [-0.3, -0.25) is 14.4 Å². The molecule has 6 nitrogen and oxygen atoms in total. The number of fused-ring (bicyclic) bond motifs is 3. The molecule has 3 rings (SSSR count). The van der Waals surface area contributed by atoms with E-state index in [4.69, 9.17) is 14.2 Å². The van der Waals surface area contributed by atoms with Gasteiger partial charge in [-0.2, -0.15) is 0 Å². The second-order valence-electron chi connectivity index (χ2n) is 8.38. The van der Waals surface area contributed by atoms with E-state index in [1.807, 2.05) is 6.92 Å². The van der Waals surface area contributed by atoms with Crippen molar-refractivity contribution in [2.24, 2.45) is 29.1 Å². The van der Waals surface area contributed by atoms with Crippen molar-refractivity contribution in [3.8, 4) is 0 Å². The van der Waals surface area contributed by atoms with E-state index in [0.717, 1.165) is 5.57 Å². The molecule has 0 radical (unpaired) electrons. The monoisotopic (exact) mass is 378 g/mol. The molecule has 2 fully saturated rings. The number of allylic oxidation sites excluding steroid dienone is 2. The number of hydrogen-bond donors (Lipinski definition) is 0. The Morgan fingerprint density at radius 2 is 1.89 bits per heavy atom. The highest BCUT2D eigenvalue weighted by molar-refractivity contribution is 5.99. The van der Waals surface area contributed by atoms with Gasteiger partial charge in [-0.1, -0.05) is 12.5 Å². The lowest BCUT2D eigenvalue weighted by molar-refractivity contribution is -0.206. The molecule has 27 heavy (non-hydrogen) atoms. The molecule has 0 saturated heterocycles. The zero-order valence-electron chi connectivity index (χ0n) is 16.9. The Bertz CT molecular complexity index is 676. The molecule has 0 aliphatic heterocycles. The largest absolute Gasteiger partial charge is 0.466 e. The Balaban J connectivity index is 2.04. The second-order valence-corrected chi connectivity index (χ2v) is 8.38. The molecule has 150 valence electrons. The molecule has 0 unspecified atom stereocenters. The van der Waals surface area contributed by atoms with Crippen LogP contribution in [0, 0.1) is 29.1 Å². The predicted molar refractivity (Wildman–Crippen MR) is 97.7 cm³/mol. The molecule has 6 heteroatoms. The summed E-state index contributed by atoms with van der Waals surface area (Å²) < 4.78 is 16.5. The lowest BCUT2D eigenvalue weighted by atomic mass is 9.48. The number of esters is 1. The SMILES string of the molecule is CCOC(=O)C[C@@H]1C(C)=CC(=O)[C@@H]2CC(=O)[C@H]3CC(OC)(OC)C[C@H]3[C@@]12C. The average molecular weight is 378 g/mol. The lowest BCUT2D eigenvalue weighted by Crippen LogP contribution is -2.55. The summed E-state index contributed by atoms with van der Waals surface area (Å²) in [5.41, 5.74) is 0.396. The minimum absolute atomic E-state index is 0.00533. The fourth-order valence-electron chi connectivity index (χ4n) is 5.87. The summed E-state index contributed by atoms with van der Waals surface area (Å²) in [6.45, 7) is 6.09. The van der Waals surface area contributed by atoms with Gasteiger partial charge in [-0.15, -0.1) is 0 Å². The van der Waals surface area contributed by atoms with E-state index in [2.05, 4.69) is 6.92 Å². The Labute approximate surface area is 160 Å². The van der Waals surface area contributed by atoms with Crippen LogP contribution in [-0.4, -0.2) is 44.1 Å². The first kappa shape index (κ1) is 20.2. The molecular formula is C21H30O6. The Hall–Kier alpha value is -1.53. The minimum atomic E-state index is -0.810. The summed E-state index contributed by atoms with van der Waals surface area (Å²) in [4.78, 5) is 38.0. The van der Waals surface area contributed by atoms with Gasteiger partial charge in [0, 0.05) is 45.3 Å². The summed E-state index contributed by atoms with van der Waals surface area (Å²) in [6.07, 6.45) is 3.11. The van der Waals surface area contributed by atoms with Crippen LogP contribution in [0.1, 0.15) is 46.5 Å². The normalized spacial score (nSPS) is 37.4. The van der Waals surface area contributed by atoms with Crippen molar-refractivity contribution in [1.29, 1.82) is 0 Å². The molecular weight excluding hydrogens is 348 g/mol. The Morgan fingerprint density at radius 1 is 1.22 bits per heavy atom. The van der Waals surface area contributed by atoms with E-state index in [1.54, 1.807) is 27.2 Å². The molecule has 2 saturated carbocycles. The number of rotatable bonds is 5. The third kappa shape index (κ3) is 3.07. The van der Waals surface area contributed by atoms with E-state index >= 15 is 0 Å². The van der Waals surface area contributed by atoms with Crippen LogP contribution in [0.15, 0.2) is 11.6 Å². The fourth-order valence-corrected chi connectivity index (χ4v) is 5.87. The molecule has 3 aliphatic rings. The third-order valence-electron chi connectivity index (χ3n) is 7.35. The molecule has 0 bridgehead atoms. The van der Waals surface area contributed by atoms with Crippen LogP contribution >= 0.6 is 0 Å². The van der Waals surface area contributed by atoms with Gasteiger partial charge in [0.2, 0.25) is 0 Å². The van der Waals surface area contributed by atoms with Gasteiger partial charge in [0.05, 0.1) is 13.0 Å². The van der Waals surface area contributed by atoms with E-state index in [9.17, 15) is 14.4 Å². The molecule has 0 amide bonds. The molecule has 3 aliphatic carbocycles. The number of ether oxygens (including phenoxy) is 3. The Kier molecular flexibility index (Phi) is 5.34. The van der Waals surface area contributed by atoms with Crippen molar-refractivity contribution >= 4 is 17.5 Å². The molecule has 0 spiro atoms. The van der Waals surface area contributed by atoms with Gasteiger partial charge < -0.3 is 14.2 Å². The highest BCUT2D eigenvalue weighted by Crippen LogP contribution is 2.63. The summed E-state index contributed by atoms with van der Waals surface area (Å²) >= 11 is 0. The third-order valence-corrected chi connectivity index (χ3v) is 7.35. The summed E-state index contributed by atoms with van der Waals surface area (Å²) in [5, 5.41) is 0. The van der Waals surface area contributed by atoms with Gasteiger partial charge in [-0.05, 0) is 37.2 Å². The standard InChI is InChI=1S/C21H30O6/c1-6-27-19(24)9-14-12(2)7-18(23)15-8-17(22)13-10-21(25-4,26-5)11-16(13)20(14,15)3/h7,13-16H,6,8-11H2,1-5H3/t13-,14+,15-,16+,20-/m0/s1. The van der Waals surface area contributed by atoms with Gasteiger partial charge in [-0.25, -0.2) is 0 Å². The highest BCUT2D eigenvalue weighted by Gasteiger charge is 2.64. The molecule has 0 aromatic carbocycles. The molecule has 5 atom stereocenters. The average Bonchev–Trinajstić information content (AvgIpc) is 3.04. The highest BCUT2D eigenvalue weighted by atomic mass is 16.7. The van der Waals surface area contributed by atoms with E-state index in [-0.39, 0.29) is 48.1 Å². The lowest BCUT2D eigenvalue weighted by Gasteiger charge is -2.54. The molecule has 0 N–H and O–H groups in total. The van der Waals surface area contributed by atoms with Crippen molar-refractivity contribution in [1.82, 2.24) is 0 Å². The quantitative estimate of drug-likeness (QED) is 0.541. The van der Waals surface area contributed by atoms with Crippen LogP contribution in [0.3, 0.4) is 0 Å². The number of Topliss-reactive ketones (excluding diaryl/α,β-unsaturated/α-hetero) is 1. The number of carbonyl (C=O) groups excluding carboxylic acids is 3. The molecule has 0 aromatic rings. The first-order valence-corrected chi connectivity index (χ1v) is 9.73. The Morgan fingerprint density at radius 3 is 2.48 bits per heavy atom. The molecule has 0 aromatic heterocycles. The van der Waals surface area contributed by atoms with Crippen LogP contribution in [0.25, 0.3) is 0 Å². The maximum atomic E-state index is 12.9. The maximum absolute atomic E-state index is 12.9. The van der Waals surface area contributed by atoms with Crippen LogP contribution < -0.4 is 0 Å². The van der Waals surface area contributed by atoms with Gasteiger partial charge in [0.25, 0.3) is 0 Å². The first-order chi connectivity index (χ1) is 12.7. The van der Waals surface area contributed by atoms with Crippen LogP contribution in [0.5, 0.6) is 0 Å². The van der Waals surface area contributed by atoms with E-state index in [1.165, 1.54) is 0 Å². The van der Waals surface area contributed by atoms with Crippen molar-refractivity contribution in [2.45, 2.75) is 52.2 Å². The van der Waals surface area contributed by atoms with Crippen LogP contribution in [0.2, 0.25) is 0 Å². The molecule has 0 heterocycles. The second kappa shape index (κ2) is 7.13. The zero-order valence-corrected chi connectivity index (χ0v) is 16.9. The summed E-state index contributed by atoms with van der Waals surface area (Å²) in [6, 6.07) is 0. The topological polar surface area (TPSA) is 78.9 Å². The number of ketones is 2.